The first-order valence-electron chi connectivity index (χ1n) is 6.49. The van der Waals surface area contributed by atoms with Gasteiger partial charge in [0.25, 0.3) is 5.91 Å². The Morgan fingerprint density at radius 3 is 2.80 bits per heavy atom. The summed E-state index contributed by atoms with van der Waals surface area (Å²) in [5.41, 5.74) is 0.943. The van der Waals surface area contributed by atoms with Gasteiger partial charge >= 0.3 is 0 Å². The predicted octanol–water partition coefficient (Wildman–Crippen LogP) is 1.73. The second-order valence-corrected chi connectivity index (χ2v) is 6.20. The number of likely N-dealkylation sites (N-methyl/N-ethyl adjacent to an activating group) is 1. The number of quaternary nitrogens is 1. The lowest BCUT2D eigenvalue weighted by Gasteiger charge is -2.13. The number of halogens is 1. The van der Waals surface area contributed by atoms with Crippen molar-refractivity contribution in [1.29, 1.82) is 0 Å². The Hall–Kier alpha value is -1.36. The van der Waals surface area contributed by atoms with Gasteiger partial charge < -0.3 is 10.2 Å². The van der Waals surface area contributed by atoms with Crippen LogP contribution in [0.1, 0.15) is 10.4 Å². The maximum absolute atomic E-state index is 11.9. The molecular formula is C15H18ClN2OS+. The first kappa shape index (κ1) is 15.0. The highest BCUT2D eigenvalue weighted by Gasteiger charge is 2.11. The first-order valence-corrected chi connectivity index (χ1v) is 7.74. The summed E-state index contributed by atoms with van der Waals surface area (Å²) in [5.74, 6) is 0.0407. The number of rotatable bonds is 6. The van der Waals surface area contributed by atoms with Crippen molar-refractivity contribution in [3.63, 3.8) is 0 Å². The van der Waals surface area contributed by atoms with Crippen LogP contribution < -0.4 is 10.2 Å². The molecule has 1 amide bonds. The maximum Gasteiger partial charge on any atom is 0.275 e. The van der Waals surface area contributed by atoms with Gasteiger partial charge in [0, 0.05) is 11.6 Å². The van der Waals surface area contributed by atoms with Crippen molar-refractivity contribution in [3.8, 4) is 0 Å². The summed E-state index contributed by atoms with van der Waals surface area (Å²) in [5, 5.41) is 5.65. The average Bonchev–Trinajstić information content (AvgIpc) is 2.90. The summed E-state index contributed by atoms with van der Waals surface area (Å²) in [6.07, 6.45) is 0. The lowest BCUT2D eigenvalue weighted by Crippen LogP contribution is -3.08. The molecule has 0 saturated carbocycles. The molecule has 2 aromatic rings. The number of benzene rings is 1. The van der Waals surface area contributed by atoms with Crippen LogP contribution in [0.3, 0.4) is 0 Å². The van der Waals surface area contributed by atoms with Crippen LogP contribution in [0.25, 0.3) is 0 Å². The molecule has 2 N–H and O–H groups in total. The molecule has 0 aliphatic rings. The summed E-state index contributed by atoms with van der Waals surface area (Å²) in [6, 6.07) is 11.7. The van der Waals surface area contributed by atoms with Crippen LogP contribution in [-0.4, -0.2) is 19.5 Å². The smallest absolute Gasteiger partial charge is 0.275 e. The Kier molecular flexibility index (Phi) is 5.59. The van der Waals surface area contributed by atoms with Gasteiger partial charge in [0.05, 0.1) is 11.9 Å². The molecule has 1 unspecified atom stereocenters. The predicted molar refractivity (Wildman–Crippen MR) is 83.1 cm³/mol. The zero-order valence-corrected chi connectivity index (χ0v) is 12.9. The summed E-state index contributed by atoms with van der Waals surface area (Å²) >= 11 is 7.77. The summed E-state index contributed by atoms with van der Waals surface area (Å²) in [7, 11) is 2.02. The van der Waals surface area contributed by atoms with Gasteiger partial charge in [0.1, 0.15) is 6.54 Å². The zero-order chi connectivity index (χ0) is 14.4. The van der Waals surface area contributed by atoms with E-state index in [0.717, 1.165) is 12.1 Å². The highest BCUT2D eigenvalue weighted by atomic mass is 35.5. The van der Waals surface area contributed by atoms with Crippen LogP contribution in [0.5, 0.6) is 0 Å². The Balaban J connectivity index is 1.76. The zero-order valence-electron chi connectivity index (χ0n) is 11.4. The lowest BCUT2D eigenvalue weighted by atomic mass is 10.2. The first-order chi connectivity index (χ1) is 9.65. The lowest BCUT2D eigenvalue weighted by molar-refractivity contribution is -0.885. The summed E-state index contributed by atoms with van der Waals surface area (Å²) in [6.45, 7) is 1.81. The fourth-order valence-corrected chi connectivity index (χ4v) is 2.97. The number of carbonyl (C=O) groups is 1. The molecule has 1 atom stereocenters. The largest absolute Gasteiger partial charge is 0.347 e. The van der Waals surface area contributed by atoms with E-state index in [-0.39, 0.29) is 5.91 Å². The molecule has 20 heavy (non-hydrogen) atoms. The van der Waals surface area contributed by atoms with Crippen molar-refractivity contribution >= 4 is 28.8 Å². The Morgan fingerprint density at radius 1 is 1.30 bits per heavy atom. The second kappa shape index (κ2) is 7.43. The minimum Gasteiger partial charge on any atom is -0.347 e. The minimum absolute atomic E-state index is 0.0407. The highest BCUT2D eigenvalue weighted by Crippen LogP contribution is 2.14. The monoisotopic (exact) mass is 309 g/mol. The van der Waals surface area contributed by atoms with Crippen LogP contribution in [-0.2, 0) is 17.9 Å². The number of carbonyl (C=O) groups excluding carboxylic acids is 1. The van der Waals surface area contributed by atoms with Crippen molar-refractivity contribution in [3.05, 3.63) is 57.2 Å². The quantitative estimate of drug-likeness (QED) is 0.837. The average molecular weight is 310 g/mol. The summed E-state index contributed by atoms with van der Waals surface area (Å²) < 4.78 is 0. The topological polar surface area (TPSA) is 33.5 Å². The van der Waals surface area contributed by atoms with Gasteiger partial charge in [-0.25, -0.2) is 0 Å². The van der Waals surface area contributed by atoms with Crippen molar-refractivity contribution in [1.82, 2.24) is 5.32 Å². The molecule has 106 valence electrons. The number of hydrogen-bond acceptors (Lipinski definition) is 2. The van der Waals surface area contributed by atoms with Crippen LogP contribution in [0, 0.1) is 0 Å². The molecule has 0 aliphatic carbocycles. The van der Waals surface area contributed by atoms with E-state index in [1.807, 2.05) is 37.4 Å². The molecule has 0 radical (unpaired) electrons. The molecule has 0 aliphatic heterocycles. The van der Waals surface area contributed by atoms with Gasteiger partial charge in [-0.3, -0.25) is 4.79 Å². The van der Waals surface area contributed by atoms with Crippen LogP contribution >= 0.6 is 22.9 Å². The highest BCUT2D eigenvalue weighted by molar-refractivity contribution is 7.09. The third-order valence-electron chi connectivity index (χ3n) is 2.95. The number of amides is 1. The second-order valence-electron chi connectivity index (χ2n) is 4.76. The third-order valence-corrected chi connectivity index (χ3v) is 4.20. The molecule has 0 saturated heterocycles. The number of nitrogens with one attached hydrogen (secondary N) is 2. The fourth-order valence-electron chi connectivity index (χ4n) is 1.95. The van der Waals surface area contributed by atoms with Crippen LogP contribution in [0.4, 0.5) is 0 Å². The van der Waals surface area contributed by atoms with Crippen molar-refractivity contribution < 1.29 is 9.69 Å². The molecule has 0 spiro atoms. The van der Waals surface area contributed by atoms with Gasteiger partial charge in [-0.2, -0.15) is 0 Å². The Labute approximate surface area is 128 Å². The maximum atomic E-state index is 11.9. The molecule has 3 nitrogen and oxygen atoms in total. The standard InChI is InChI=1S/C15H17ClN2OS/c1-18(10-13-6-4-8-20-13)11-15(19)17-9-12-5-2-3-7-14(12)16/h2-8H,9-11H2,1H3,(H,17,19)/p+1. The molecule has 5 heteroatoms. The SMILES string of the molecule is C[NH+](CC(=O)NCc1ccccc1Cl)Cc1cccs1. The van der Waals surface area contributed by atoms with Crippen molar-refractivity contribution in [2.45, 2.75) is 13.1 Å². The van der Waals surface area contributed by atoms with Crippen molar-refractivity contribution in [2.75, 3.05) is 13.6 Å². The van der Waals surface area contributed by atoms with Crippen LogP contribution in [0.15, 0.2) is 41.8 Å². The molecule has 1 aromatic heterocycles. The van der Waals surface area contributed by atoms with Crippen LogP contribution in [0.2, 0.25) is 5.02 Å². The Morgan fingerprint density at radius 2 is 2.10 bits per heavy atom. The van der Waals surface area contributed by atoms with E-state index in [9.17, 15) is 4.79 Å². The fraction of sp³-hybridized carbons (Fsp3) is 0.267. The van der Waals surface area contributed by atoms with E-state index in [4.69, 9.17) is 11.6 Å². The van der Waals surface area contributed by atoms with Gasteiger partial charge in [0.15, 0.2) is 6.54 Å². The molecule has 2 rings (SSSR count). The van der Waals surface area contributed by atoms with Gasteiger partial charge in [-0.05, 0) is 23.1 Å². The normalized spacial score (nSPS) is 12.1. The molecule has 0 fully saturated rings. The molecule has 1 heterocycles. The third kappa shape index (κ3) is 4.63. The van der Waals surface area contributed by atoms with E-state index in [1.165, 1.54) is 9.78 Å². The van der Waals surface area contributed by atoms with E-state index < -0.39 is 0 Å². The van der Waals surface area contributed by atoms with E-state index in [1.54, 1.807) is 11.3 Å². The number of thiophene rings is 1. The molecule has 1 aromatic carbocycles. The number of hydrogen-bond donors (Lipinski definition) is 2. The minimum atomic E-state index is 0.0407. The van der Waals surface area contributed by atoms with Gasteiger partial charge in [-0.1, -0.05) is 35.9 Å². The summed E-state index contributed by atoms with van der Waals surface area (Å²) in [4.78, 5) is 14.4. The van der Waals surface area contributed by atoms with Gasteiger partial charge in [-0.15, -0.1) is 11.3 Å². The molecule has 0 bridgehead atoms. The van der Waals surface area contributed by atoms with E-state index in [0.29, 0.717) is 18.1 Å². The Bertz CT molecular complexity index is 557. The van der Waals surface area contributed by atoms with Gasteiger partial charge in [0.2, 0.25) is 0 Å². The van der Waals surface area contributed by atoms with E-state index in [2.05, 4.69) is 16.8 Å². The van der Waals surface area contributed by atoms with Crippen molar-refractivity contribution in [2.24, 2.45) is 0 Å². The van der Waals surface area contributed by atoms with E-state index >= 15 is 0 Å². The molecular weight excluding hydrogens is 292 g/mol.